The van der Waals surface area contributed by atoms with Crippen molar-refractivity contribution in [1.82, 2.24) is 10.4 Å². The molecular weight excluding hydrogens is 432 g/mol. The minimum Gasteiger partial charge on any atom is -0.494 e. The summed E-state index contributed by atoms with van der Waals surface area (Å²) in [6.45, 7) is 2.76. The van der Waals surface area contributed by atoms with Crippen LogP contribution in [0.5, 0.6) is 5.75 Å². The summed E-state index contributed by atoms with van der Waals surface area (Å²) in [5.41, 5.74) is 6.75. The van der Waals surface area contributed by atoms with Crippen molar-refractivity contribution in [2.75, 3.05) is 11.9 Å². The van der Waals surface area contributed by atoms with E-state index in [1.54, 1.807) is 18.3 Å². The molecule has 6 nitrogen and oxygen atoms in total. The van der Waals surface area contributed by atoms with Crippen LogP contribution in [0.2, 0.25) is 0 Å². The van der Waals surface area contributed by atoms with E-state index in [0.29, 0.717) is 12.2 Å². The Bertz CT molecular complexity index is 1200. The van der Waals surface area contributed by atoms with Gasteiger partial charge < -0.3 is 10.1 Å². The normalized spacial score (nSPS) is 10.8. The van der Waals surface area contributed by atoms with Crippen LogP contribution in [-0.2, 0) is 0 Å². The first-order valence-corrected chi connectivity index (χ1v) is 11.5. The van der Waals surface area contributed by atoms with Crippen molar-refractivity contribution in [3.05, 3.63) is 95.4 Å². The van der Waals surface area contributed by atoms with Gasteiger partial charge in [0, 0.05) is 22.2 Å². The lowest BCUT2D eigenvalue weighted by Gasteiger charge is -2.04. The van der Waals surface area contributed by atoms with Crippen molar-refractivity contribution in [3.8, 4) is 17.0 Å². The number of rotatable bonds is 9. The van der Waals surface area contributed by atoms with Crippen LogP contribution >= 0.6 is 11.3 Å². The SMILES string of the molecule is CCCOc1ccc(/C=N\NC(=O)c2ccc(-c3csc(Nc4ccccc4)n3)cc2)cc1. The molecule has 0 aliphatic rings. The molecule has 0 atom stereocenters. The van der Waals surface area contributed by atoms with Crippen molar-refractivity contribution in [2.45, 2.75) is 13.3 Å². The van der Waals surface area contributed by atoms with Gasteiger partial charge in [-0.3, -0.25) is 4.79 Å². The molecule has 2 N–H and O–H groups in total. The van der Waals surface area contributed by atoms with Gasteiger partial charge in [0.15, 0.2) is 5.13 Å². The Morgan fingerprint density at radius 3 is 2.52 bits per heavy atom. The summed E-state index contributed by atoms with van der Waals surface area (Å²) in [7, 11) is 0. The molecule has 0 radical (unpaired) electrons. The van der Waals surface area contributed by atoms with E-state index in [0.717, 1.165) is 39.8 Å². The van der Waals surface area contributed by atoms with Crippen LogP contribution in [0.1, 0.15) is 29.3 Å². The molecule has 1 amide bonds. The van der Waals surface area contributed by atoms with Crippen LogP contribution in [-0.4, -0.2) is 23.7 Å². The van der Waals surface area contributed by atoms with Crippen LogP contribution in [0.25, 0.3) is 11.3 Å². The number of ether oxygens (including phenoxy) is 1. The van der Waals surface area contributed by atoms with E-state index in [2.05, 4.69) is 27.8 Å². The van der Waals surface area contributed by atoms with Gasteiger partial charge >= 0.3 is 0 Å². The standard InChI is InChI=1S/C26H24N4O2S/c1-2-16-32-23-14-8-19(9-15-23)17-27-30-25(31)21-12-10-20(11-13-21)24-18-33-26(29-24)28-22-6-4-3-5-7-22/h3-15,17-18H,2,16H2,1H3,(H,28,29)(H,30,31)/b27-17-. The molecule has 7 heteroatoms. The zero-order valence-corrected chi connectivity index (χ0v) is 19.0. The van der Waals surface area contributed by atoms with Crippen molar-refractivity contribution < 1.29 is 9.53 Å². The van der Waals surface area contributed by atoms with Gasteiger partial charge in [-0.15, -0.1) is 11.3 Å². The molecule has 0 bridgehead atoms. The lowest BCUT2D eigenvalue weighted by Crippen LogP contribution is -2.17. The number of benzene rings is 3. The molecule has 166 valence electrons. The summed E-state index contributed by atoms with van der Waals surface area (Å²) in [6.07, 6.45) is 2.57. The summed E-state index contributed by atoms with van der Waals surface area (Å²) in [4.78, 5) is 17.0. The summed E-state index contributed by atoms with van der Waals surface area (Å²) >= 11 is 1.53. The molecular formula is C26H24N4O2S. The Morgan fingerprint density at radius 1 is 1.03 bits per heavy atom. The first-order chi connectivity index (χ1) is 16.2. The molecule has 4 rings (SSSR count). The first-order valence-electron chi connectivity index (χ1n) is 10.7. The van der Waals surface area contributed by atoms with Crippen LogP contribution in [0, 0.1) is 0 Å². The predicted octanol–water partition coefficient (Wildman–Crippen LogP) is 6.11. The van der Waals surface area contributed by atoms with Gasteiger partial charge in [0.25, 0.3) is 5.91 Å². The Balaban J connectivity index is 1.32. The highest BCUT2D eigenvalue weighted by molar-refractivity contribution is 7.14. The highest BCUT2D eigenvalue weighted by Crippen LogP contribution is 2.27. The van der Waals surface area contributed by atoms with Gasteiger partial charge in [-0.25, -0.2) is 10.4 Å². The fourth-order valence-electron chi connectivity index (χ4n) is 3.00. The van der Waals surface area contributed by atoms with E-state index < -0.39 is 0 Å². The fraction of sp³-hybridized carbons (Fsp3) is 0.115. The maximum Gasteiger partial charge on any atom is 0.271 e. The number of para-hydroxylation sites is 1. The number of thiazole rings is 1. The quantitative estimate of drug-likeness (QED) is 0.235. The average Bonchev–Trinajstić information content (AvgIpc) is 3.32. The number of amides is 1. The average molecular weight is 457 g/mol. The number of hydrogen-bond donors (Lipinski definition) is 2. The maximum absolute atomic E-state index is 12.4. The zero-order valence-electron chi connectivity index (χ0n) is 18.2. The summed E-state index contributed by atoms with van der Waals surface area (Å²) in [6, 6.07) is 24.8. The number of carbonyl (C=O) groups is 1. The number of anilines is 2. The molecule has 0 spiro atoms. The molecule has 1 heterocycles. The third kappa shape index (κ3) is 6.27. The van der Waals surface area contributed by atoms with Gasteiger partial charge in [0.05, 0.1) is 18.5 Å². The second-order valence-corrected chi connectivity index (χ2v) is 8.08. The van der Waals surface area contributed by atoms with Gasteiger partial charge in [-0.2, -0.15) is 5.10 Å². The van der Waals surface area contributed by atoms with Gasteiger partial charge in [0.2, 0.25) is 0 Å². The fourth-order valence-corrected chi connectivity index (χ4v) is 3.74. The van der Waals surface area contributed by atoms with E-state index in [-0.39, 0.29) is 5.91 Å². The Hall–Kier alpha value is -3.97. The number of hydrogen-bond acceptors (Lipinski definition) is 6. The van der Waals surface area contributed by atoms with Crippen LogP contribution in [0.4, 0.5) is 10.8 Å². The number of nitrogens with one attached hydrogen (secondary N) is 2. The molecule has 0 saturated carbocycles. The van der Waals surface area contributed by atoms with Crippen molar-refractivity contribution >= 4 is 34.3 Å². The second kappa shape index (κ2) is 11.1. The minimum absolute atomic E-state index is 0.273. The Labute approximate surface area is 197 Å². The number of nitrogens with zero attached hydrogens (tertiary/aromatic N) is 2. The third-order valence-electron chi connectivity index (χ3n) is 4.70. The predicted molar refractivity (Wildman–Crippen MR) is 135 cm³/mol. The largest absolute Gasteiger partial charge is 0.494 e. The Morgan fingerprint density at radius 2 is 1.79 bits per heavy atom. The highest BCUT2D eigenvalue weighted by atomic mass is 32.1. The summed E-state index contributed by atoms with van der Waals surface area (Å²) in [5.74, 6) is 0.548. The summed E-state index contributed by atoms with van der Waals surface area (Å²) in [5, 5.41) is 10.1. The molecule has 0 aliphatic heterocycles. The molecule has 0 saturated heterocycles. The van der Waals surface area contributed by atoms with Crippen molar-refractivity contribution in [2.24, 2.45) is 5.10 Å². The van der Waals surface area contributed by atoms with E-state index in [9.17, 15) is 4.79 Å². The first kappa shape index (κ1) is 22.2. The topological polar surface area (TPSA) is 75.6 Å². The second-order valence-electron chi connectivity index (χ2n) is 7.22. The van der Waals surface area contributed by atoms with E-state index in [4.69, 9.17) is 4.74 Å². The van der Waals surface area contributed by atoms with Gasteiger partial charge in [-0.05, 0) is 60.5 Å². The van der Waals surface area contributed by atoms with Crippen molar-refractivity contribution in [1.29, 1.82) is 0 Å². The van der Waals surface area contributed by atoms with Crippen molar-refractivity contribution in [3.63, 3.8) is 0 Å². The number of aromatic nitrogens is 1. The lowest BCUT2D eigenvalue weighted by molar-refractivity contribution is 0.0955. The van der Waals surface area contributed by atoms with Crippen LogP contribution in [0.3, 0.4) is 0 Å². The molecule has 4 aromatic rings. The smallest absolute Gasteiger partial charge is 0.271 e. The Kier molecular flexibility index (Phi) is 7.45. The highest BCUT2D eigenvalue weighted by Gasteiger charge is 2.08. The van der Waals surface area contributed by atoms with Gasteiger partial charge in [-0.1, -0.05) is 37.3 Å². The lowest BCUT2D eigenvalue weighted by atomic mass is 10.1. The minimum atomic E-state index is -0.273. The molecule has 0 aliphatic carbocycles. The van der Waals surface area contributed by atoms with Crippen LogP contribution < -0.4 is 15.5 Å². The van der Waals surface area contributed by atoms with Crippen LogP contribution in [0.15, 0.2) is 89.3 Å². The van der Waals surface area contributed by atoms with E-state index in [1.165, 1.54) is 11.3 Å². The molecule has 0 fully saturated rings. The van der Waals surface area contributed by atoms with E-state index in [1.807, 2.05) is 72.1 Å². The van der Waals surface area contributed by atoms with E-state index >= 15 is 0 Å². The third-order valence-corrected chi connectivity index (χ3v) is 5.46. The summed E-state index contributed by atoms with van der Waals surface area (Å²) < 4.78 is 5.56. The molecule has 0 unspecified atom stereocenters. The molecule has 33 heavy (non-hydrogen) atoms. The maximum atomic E-state index is 12.4. The monoisotopic (exact) mass is 456 g/mol. The molecule has 3 aromatic carbocycles. The number of hydrazone groups is 1. The number of carbonyl (C=O) groups excluding carboxylic acids is 1. The van der Waals surface area contributed by atoms with Gasteiger partial charge in [0.1, 0.15) is 5.75 Å². The zero-order chi connectivity index (χ0) is 22.9. The molecule has 1 aromatic heterocycles.